The molecule has 20 heteroatoms. The minimum Gasteiger partial charge on any atom is -0.496 e. The quantitative estimate of drug-likeness (QED) is 0.0492. The minimum atomic E-state index is -3.26. The lowest BCUT2D eigenvalue weighted by atomic mass is 9.99. The zero-order chi connectivity index (χ0) is 47.1. The van der Waals surface area contributed by atoms with Gasteiger partial charge in [-0.25, -0.2) is 32.7 Å². The molecular formula is C45H48N8O9S3. The van der Waals surface area contributed by atoms with Gasteiger partial charge in [0.15, 0.2) is 21.8 Å². The zero-order valence-corrected chi connectivity index (χ0v) is 38.8. The SMILES string of the molecule is COc1ccccc1C(=O)c1cc(C)ccc1NC(=O)Nc1ncc(CCNC(C)=O)s1.COc1ccccc1C(=O)c1cc(C)ccc1NC(=O)Nc1ncc(CCNS(C)(=O)=O)s1. The Hall–Kier alpha value is -7.00. The van der Waals surface area contributed by atoms with Crippen LogP contribution in [0.5, 0.6) is 11.5 Å². The van der Waals surface area contributed by atoms with Crippen molar-refractivity contribution in [1.29, 1.82) is 0 Å². The van der Waals surface area contributed by atoms with Crippen molar-refractivity contribution in [2.24, 2.45) is 0 Å². The van der Waals surface area contributed by atoms with Crippen LogP contribution in [-0.2, 0) is 27.7 Å². The third kappa shape index (κ3) is 14.8. The number of hydrogen-bond donors (Lipinski definition) is 6. The second-order valence-corrected chi connectivity index (χ2v) is 18.3. The molecule has 0 aliphatic heterocycles. The molecule has 5 amide bonds. The maximum Gasteiger partial charge on any atom is 0.325 e. The van der Waals surface area contributed by atoms with Crippen molar-refractivity contribution in [3.63, 3.8) is 0 Å². The van der Waals surface area contributed by atoms with Crippen LogP contribution in [0.25, 0.3) is 0 Å². The Morgan fingerprint density at radius 2 is 1.03 bits per heavy atom. The topological polar surface area (TPSA) is 236 Å². The number of carbonyl (C=O) groups is 5. The van der Waals surface area contributed by atoms with Gasteiger partial charge in [-0.1, -0.05) is 47.5 Å². The van der Waals surface area contributed by atoms with E-state index in [9.17, 15) is 32.4 Å². The van der Waals surface area contributed by atoms with Crippen LogP contribution < -0.4 is 40.8 Å². The average molecular weight is 941 g/mol. The third-order valence-corrected chi connectivity index (χ3v) is 11.7. The fourth-order valence-corrected chi connectivity index (χ4v) is 8.14. The number of hydrogen-bond acceptors (Lipinski definition) is 13. The van der Waals surface area contributed by atoms with Crippen molar-refractivity contribution in [2.45, 2.75) is 33.6 Å². The van der Waals surface area contributed by atoms with E-state index in [-0.39, 0.29) is 24.0 Å². The molecule has 0 aliphatic carbocycles. The van der Waals surface area contributed by atoms with Crippen molar-refractivity contribution < 1.29 is 41.9 Å². The van der Waals surface area contributed by atoms with Gasteiger partial charge >= 0.3 is 12.1 Å². The number of carbonyl (C=O) groups excluding carboxylic acids is 5. The molecule has 4 aromatic carbocycles. The van der Waals surface area contributed by atoms with Gasteiger partial charge in [0.05, 0.1) is 43.0 Å². The van der Waals surface area contributed by atoms with Gasteiger partial charge in [-0.3, -0.25) is 25.0 Å². The summed E-state index contributed by atoms with van der Waals surface area (Å²) in [5.74, 6) is 0.283. The summed E-state index contributed by atoms with van der Waals surface area (Å²) in [4.78, 5) is 72.6. The van der Waals surface area contributed by atoms with E-state index >= 15 is 0 Å². The first-order valence-electron chi connectivity index (χ1n) is 19.8. The molecule has 2 heterocycles. The Labute approximate surface area is 384 Å². The molecule has 17 nitrogen and oxygen atoms in total. The van der Waals surface area contributed by atoms with Gasteiger partial charge in [0.25, 0.3) is 0 Å². The first-order chi connectivity index (χ1) is 31.0. The van der Waals surface area contributed by atoms with Crippen LogP contribution in [-0.4, -0.2) is 81.5 Å². The lowest BCUT2D eigenvalue weighted by molar-refractivity contribution is -0.118. The molecule has 340 valence electrons. The number of nitrogens with zero attached hydrogens (tertiary/aromatic N) is 2. The lowest BCUT2D eigenvalue weighted by Crippen LogP contribution is -2.24. The molecule has 0 saturated carbocycles. The summed E-state index contributed by atoms with van der Waals surface area (Å²) >= 11 is 2.56. The average Bonchev–Trinajstić information content (AvgIpc) is 3.92. The number of ketones is 2. The molecule has 0 saturated heterocycles. The van der Waals surface area contributed by atoms with Gasteiger partial charge in [0, 0.05) is 59.7 Å². The van der Waals surface area contributed by atoms with Gasteiger partial charge in [0.1, 0.15) is 11.5 Å². The number of benzene rings is 4. The fourth-order valence-electron chi connectivity index (χ4n) is 6.05. The van der Waals surface area contributed by atoms with Crippen LogP contribution in [0.15, 0.2) is 97.3 Å². The van der Waals surface area contributed by atoms with E-state index < -0.39 is 22.1 Å². The van der Waals surface area contributed by atoms with Crippen molar-refractivity contribution in [1.82, 2.24) is 20.0 Å². The first-order valence-corrected chi connectivity index (χ1v) is 23.4. The minimum absolute atomic E-state index is 0.0937. The van der Waals surface area contributed by atoms with Gasteiger partial charge in [-0.2, -0.15) is 0 Å². The normalized spacial score (nSPS) is 10.7. The van der Waals surface area contributed by atoms with E-state index in [1.54, 1.807) is 91.3 Å². The second-order valence-electron chi connectivity index (χ2n) is 14.2. The predicted molar refractivity (Wildman–Crippen MR) is 254 cm³/mol. The highest BCUT2D eigenvalue weighted by Gasteiger charge is 2.21. The summed E-state index contributed by atoms with van der Waals surface area (Å²) < 4.78 is 35.3. The van der Waals surface area contributed by atoms with Gasteiger partial charge in [-0.05, 0) is 68.8 Å². The highest BCUT2D eigenvalue weighted by Crippen LogP contribution is 2.29. The Kier molecular flexibility index (Phi) is 17.4. The Morgan fingerprint density at radius 1 is 0.600 bits per heavy atom. The highest BCUT2D eigenvalue weighted by atomic mass is 32.2. The number of ether oxygens (including phenoxy) is 2. The van der Waals surface area contributed by atoms with Gasteiger partial charge < -0.3 is 25.4 Å². The Bertz CT molecular complexity index is 2790. The molecule has 65 heavy (non-hydrogen) atoms. The molecule has 6 N–H and O–H groups in total. The number of thiazole rings is 2. The number of aromatic nitrogens is 2. The van der Waals surface area contributed by atoms with Crippen molar-refractivity contribution in [3.05, 3.63) is 140 Å². The van der Waals surface area contributed by atoms with Gasteiger partial charge in [0.2, 0.25) is 15.9 Å². The number of aryl methyl sites for hydroxylation is 2. The maximum atomic E-state index is 13.2. The molecule has 2 aromatic heterocycles. The molecule has 6 aromatic rings. The van der Waals surface area contributed by atoms with Crippen molar-refractivity contribution in [3.8, 4) is 11.5 Å². The Morgan fingerprint density at radius 3 is 1.45 bits per heavy atom. The van der Waals surface area contributed by atoms with E-state index in [2.05, 4.69) is 41.3 Å². The molecule has 0 radical (unpaired) electrons. The van der Waals surface area contributed by atoms with Crippen molar-refractivity contribution >= 4 is 83.9 Å². The molecule has 0 spiro atoms. The van der Waals surface area contributed by atoms with Gasteiger partial charge in [-0.15, -0.1) is 22.7 Å². The van der Waals surface area contributed by atoms with Crippen LogP contribution in [0.1, 0.15) is 59.6 Å². The molecular weight excluding hydrogens is 893 g/mol. The van der Waals surface area contributed by atoms with Crippen molar-refractivity contribution in [2.75, 3.05) is 54.8 Å². The molecule has 0 aliphatic rings. The standard InChI is InChI=1S/C23H24N4O4S.C22H24N4O5S2/c1-14-8-9-19(18(12-14)21(29)17-6-4-5-7-20(17)31-3)26-22(30)27-23-25-13-16(32-23)10-11-24-15(2)28;1-14-8-9-18(17(12-14)20(27)16-6-4-5-7-19(16)31-2)25-21(28)26-22-23-13-15(32-22)10-11-24-33(3,29)30/h4-9,12-13H,10-11H2,1-3H3,(H,24,28)(H2,25,26,27,30);4-9,12-13,24H,10-11H2,1-3H3,(H2,23,25,26,28). The number of nitrogens with one attached hydrogen (secondary N) is 6. The van der Waals surface area contributed by atoms with Crippen LogP contribution in [0.3, 0.4) is 0 Å². The van der Waals surface area contributed by atoms with E-state index in [4.69, 9.17) is 9.47 Å². The number of para-hydroxylation sites is 2. The van der Waals surface area contributed by atoms with E-state index in [0.717, 1.165) is 27.1 Å². The van der Waals surface area contributed by atoms with E-state index in [1.165, 1.54) is 43.8 Å². The highest BCUT2D eigenvalue weighted by molar-refractivity contribution is 7.88. The Balaban J connectivity index is 0.000000244. The zero-order valence-electron chi connectivity index (χ0n) is 36.4. The summed E-state index contributed by atoms with van der Waals surface area (Å²) in [6, 6.07) is 23.2. The molecule has 6 rings (SSSR count). The number of rotatable bonds is 17. The lowest BCUT2D eigenvalue weighted by Gasteiger charge is -2.13. The number of urea groups is 2. The van der Waals surface area contributed by atoms with E-state index in [0.29, 0.717) is 74.8 Å². The molecule has 0 bridgehead atoms. The summed E-state index contributed by atoms with van der Waals surface area (Å²) in [5.41, 5.74) is 3.98. The number of amides is 5. The monoisotopic (exact) mass is 940 g/mol. The van der Waals surface area contributed by atoms with Crippen LogP contribution in [0.4, 0.5) is 31.2 Å². The summed E-state index contributed by atoms with van der Waals surface area (Å²) in [6.07, 6.45) is 5.39. The molecule has 0 unspecified atom stereocenters. The fraction of sp³-hybridized carbons (Fsp3) is 0.222. The second kappa shape index (κ2) is 23.1. The molecule has 0 atom stereocenters. The number of methoxy groups -OCH3 is 2. The summed E-state index contributed by atoms with van der Waals surface area (Å²) in [5, 5.41) is 14.3. The number of anilines is 4. The van der Waals surface area contributed by atoms with E-state index in [1.807, 2.05) is 19.9 Å². The smallest absolute Gasteiger partial charge is 0.325 e. The number of sulfonamides is 1. The maximum absolute atomic E-state index is 13.2. The first kappa shape index (κ1) is 49.0. The summed E-state index contributed by atoms with van der Waals surface area (Å²) in [6.45, 7) is 5.94. The third-order valence-electron chi connectivity index (χ3n) is 9.07. The predicted octanol–water partition coefficient (Wildman–Crippen LogP) is 7.44. The summed E-state index contributed by atoms with van der Waals surface area (Å²) in [7, 11) is -0.259. The van der Waals surface area contributed by atoms with Crippen LogP contribution in [0.2, 0.25) is 0 Å². The van der Waals surface area contributed by atoms with Crippen LogP contribution in [0, 0.1) is 13.8 Å². The van der Waals surface area contributed by atoms with Crippen LogP contribution >= 0.6 is 22.7 Å². The molecule has 0 fully saturated rings. The largest absolute Gasteiger partial charge is 0.496 e.